The maximum Gasteiger partial charge on any atom is 1.00 e. The van der Waals surface area contributed by atoms with E-state index in [0.717, 1.165) is 19.6 Å². The minimum absolute atomic E-state index is 0. The van der Waals surface area contributed by atoms with Crippen molar-refractivity contribution in [3.8, 4) is 0 Å². The topological polar surface area (TPSA) is 6.48 Å². The Kier molecular flexibility index (Phi) is 8.19. The molecule has 0 atom stereocenters. The number of halogens is 3. The Bertz CT molecular complexity index is 445. The van der Waals surface area contributed by atoms with Crippen LogP contribution in [0.5, 0.6) is 0 Å². The van der Waals surface area contributed by atoms with Crippen molar-refractivity contribution >= 4 is 6.98 Å². The molecule has 21 heavy (non-hydrogen) atoms. The summed E-state index contributed by atoms with van der Waals surface area (Å²) in [6, 6.07) is 10.1. The van der Waals surface area contributed by atoms with E-state index in [1.165, 1.54) is 5.56 Å². The Morgan fingerprint density at radius 1 is 1.00 bits per heavy atom. The smallest absolute Gasteiger partial charge is 0.445 e. The molecule has 0 aliphatic carbocycles. The molecule has 0 bridgehead atoms. The second-order valence-corrected chi connectivity index (χ2v) is 5.27. The second kappa shape index (κ2) is 8.86. The van der Waals surface area contributed by atoms with Crippen molar-refractivity contribution in [3.05, 3.63) is 47.9 Å². The summed E-state index contributed by atoms with van der Waals surface area (Å²) in [6.07, 6.45) is 0. The first-order chi connectivity index (χ1) is 9.45. The molecule has 1 heterocycles. The van der Waals surface area contributed by atoms with Crippen LogP contribution in [0.1, 0.15) is 5.56 Å². The summed E-state index contributed by atoms with van der Waals surface area (Å²) in [5, 5.41) is 0. The van der Waals surface area contributed by atoms with Crippen LogP contribution < -0.4 is 51.4 Å². The molecule has 0 amide bonds. The van der Waals surface area contributed by atoms with Gasteiger partial charge < -0.3 is 12.9 Å². The molecule has 1 aliphatic rings. The van der Waals surface area contributed by atoms with E-state index in [9.17, 15) is 12.9 Å². The Morgan fingerprint density at radius 3 is 2.05 bits per heavy atom. The van der Waals surface area contributed by atoms with E-state index < -0.39 is 12.4 Å². The molecule has 0 unspecified atom stereocenters. The van der Waals surface area contributed by atoms with Crippen molar-refractivity contribution in [1.82, 2.24) is 9.80 Å². The molecule has 0 spiro atoms. The quantitative estimate of drug-likeness (QED) is 0.690. The molecule has 0 aromatic heterocycles. The fourth-order valence-corrected chi connectivity index (χ4v) is 2.34. The fraction of sp³-hybridized carbons (Fsp3) is 0.429. The molecule has 7 heteroatoms. The SMILES string of the molecule is C=C(CN1CCN(Cc2ccccc2)CC1)[B-](F)(F)F.[K+]. The number of hydrogen-bond acceptors (Lipinski definition) is 2. The molecule has 0 N–H and O–H groups in total. The summed E-state index contributed by atoms with van der Waals surface area (Å²) in [4.78, 5) is 4.10. The van der Waals surface area contributed by atoms with Crippen LogP contribution in [0.15, 0.2) is 42.4 Å². The molecule has 1 saturated heterocycles. The monoisotopic (exact) mass is 322 g/mol. The Hall–Kier alpha value is 0.371. The first-order valence-corrected chi connectivity index (χ1v) is 6.81. The van der Waals surface area contributed by atoms with Gasteiger partial charge in [0.1, 0.15) is 0 Å². The molecule has 1 fully saturated rings. The largest absolute Gasteiger partial charge is 1.00 e. The van der Waals surface area contributed by atoms with E-state index in [-0.39, 0.29) is 57.9 Å². The molecular weight excluding hydrogens is 303 g/mol. The summed E-state index contributed by atoms with van der Waals surface area (Å²) >= 11 is 0. The third-order valence-electron chi connectivity index (χ3n) is 3.60. The third-order valence-corrected chi connectivity index (χ3v) is 3.60. The van der Waals surface area contributed by atoms with Gasteiger partial charge in [-0.2, -0.15) is 0 Å². The minimum Gasteiger partial charge on any atom is -0.445 e. The van der Waals surface area contributed by atoms with Crippen molar-refractivity contribution in [2.24, 2.45) is 0 Å². The number of piperazine rings is 1. The molecule has 1 aromatic rings. The summed E-state index contributed by atoms with van der Waals surface area (Å²) in [5.41, 5.74) is 0.644. The molecule has 110 valence electrons. The van der Waals surface area contributed by atoms with Crippen LogP contribution in [0.3, 0.4) is 0 Å². The first kappa shape index (κ1) is 19.4. The normalized spacial score (nSPS) is 17.3. The molecule has 0 saturated carbocycles. The first-order valence-electron chi connectivity index (χ1n) is 6.81. The van der Waals surface area contributed by atoms with Gasteiger partial charge in [0, 0.05) is 32.7 Å². The zero-order valence-corrected chi connectivity index (χ0v) is 15.6. The molecule has 2 nitrogen and oxygen atoms in total. The predicted molar refractivity (Wildman–Crippen MR) is 76.4 cm³/mol. The fourth-order valence-electron chi connectivity index (χ4n) is 2.34. The summed E-state index contributed by atoms with van der Waals surface area (Å²) in [7, 11) is 0. The number of nitrogens with zero attached hydrogens (tertiary/aromatic N) is 2. The molecular formula is C14H19BF3KN2. The third kappa shape index (κ3) is 6.56. The van der Waals surface area contributed by atoms with Crippen LogP contribution in [0, 0.1) is 0 Å². The van der Waals surface area contributed by atoms with Crippen LogP contribution in [-0.4, -0.2) is 49.5 Å². The van der Waals surface area contributed by atoms with Gasteiger partial charge in [-0.25, -0.2) is 0 Å². The van der Waals surface area contributed by atoms with Gasteiger partial charge in [0.25, 0.3) is 0 Å². The van der Waals surface area contributed by atoms with Crippen molar-refractivity contribution in [2.75, 3.05) is 32.7 Å². The van der Waals surface area contributed by atoms with Gasteiger partial charge in [-0.1, -0.05) is 30.3 Å². The average molecular weight is 322 g/mol. The average Bonchev–Trinajstić information content (AvgIpc) is 2.41. The van der Waals surface area contributed by atoms with Crippen LogP contribution >= 0.6 is 0 Å². The molecule has 1 aliphatic heterocycles. The van der Waals surface area contributed by atoms with E-state index in [1.54, 1.807) is 0 Å². The number of hydrogen-bond donors (Lipinski definition) is 0. The maximum atomic E-state index is 12.5. The van der Waals surface area contributed by atoms with Crippen LogP contribution in [0.25, 0.3) is 0 Å². The van der Waals surface area contributed by atoms with E-state index in [4.69, 9.17) is 0 Å². The van der Waals surface area contributed by atoms with E-state index >= 15 is 0 Å². The van der Waals surface area contributed by atoms with Gasteiger partial charge in [0.15, 0.2) is 0 Å². The van der Waals surface area contributed by atoms with Crippen molar-refractivity contribution in [3.63, 3.8) is 0 Å². The molecule has 2 rings (SSSR count). The standard InChI is InChI=1S/C14H19BF3N2.K/c1-13(15(16,17)18)11-19-7-9-20(10-8-19)12-14-5-3-2-4-6-14;/h2-6H,1,7-12H2;/q-1;+1. The summed E-state index contributed by atoms with van der Waals surface area (Å²) in [6.45, 7) is 1.98. The van der Waals surface area contributed by atoms with Gasteiger partial charge in [-0.3, -0.25) is 9.80 Å². The van der Waals surface area contributed by atoms with Crippen molar-refractivity contribution in [1.29, 1.82) is 0 Å². The van der Waals surface area contributed by atoms with Crippen molar-refractivity contribution < 1.29 is 64.3 Å². The zero-order chi connectivity index (χ0) is 14.6. The van der Waals surface area contributed by atoms with Gasteiger partial charge in [-0.15, -0.1) is 12.1 Å². The van der Waals surface area contributed by atoms with Crippen LogP contribution in [-0.2, 0) is 6.54 Å². The molecule has 1 aromatic carbocycles. The van der Waals surface area contributed by atoms with Gasteiger partial charge in [-0.05, 0) is 12.1 Å². The second-order valence-electron chi connectivity index (χ2n) is 5.27. The van der Waals surface area contributed by atoms with Gasteiger partial charge in [0.2, 0.25) is 0 Å². The number of benzene rings is 1. The maximum absolute atomic E-state index is 12.5. The molecule has 0 radical (unpaired) electrons. The van der Waals surface area contributed by atoms with E-state index in [0.29, 0.717) is 13.1 Å². The van der Waals surface area contributed by atoms with E-state index in [1.807, 2.05) is 23.1 Å². The van der Waals surface area contributed by atoms with Gasteiger partial charge >= 0.3 is 58.4 Å². The van der Waals surface area contributed by atoms with Gasteiger partial charge in [0.05, 0.1) is 0 Å². The minimum atomic E-state index is -4.90. The van der Waals surface area contributed by atoms with Crippen LogP contribution in [0.4, 0.5) is 12.9 Å². The Balaban J connectivity index is 0.00000220. The zero-order valence-electron chi connectivity index (χ0n) is 12.4. The summed E-state index contributed by atoms with van der Waals surface area (Å²) < 4.78 is 37.5. The Labute approximate surface area is 166 Å². The number of rotatable bonds is 5. The van der Waals surface area contributed by atoms with Crippen LogP contribution in [0.2, 0.25) is 0 Å². The van der Waals surface area contributed by atoms with Crippen molar-refractivity contribution in [2.45, 2.75) is 6.54 Å². The van der Waals surface area contributed by atoms with E-state index in [2.05, 4.69) is 23.6 Å². The Morgan fingerprint density at radius 2 is 1.52 bits per heavy atom. The summed E-state index contributed by atoms with van der Waals surface area (Å²) in [5.74, 6) is 0. The predicted octanol–water partition coefficient (Wildman–Crippen LogP) is -0.249.